The third-order valence-electron chi connectivity index (χ3n) is 4.83. The van der Waals surface area contributed by atoms with Gasteiger partial charge < -0.3 is 9.26 Å². The smallest absolute Gasteiger partial charge is 0.262 e. The van der Waals surface area contributed by atoms with Crippen molar-refractivity contribution in [3.63, 3.8) is 0 Å². The molecular weight excluding hydrogens is 376 g/mol. The Morgan fingerprint density at radius 2 is 2.18 bits per heavy atom. The number of aryl methyl sites for hydroxylation is 1. The summed E-state index contributed by atoms with van der Waals surface area (Å²) in [5, 5.41) is 5.32. The number of aromatic nitrogens is 4. The molecule has 8 heteroatoms. The fraction of sp³-hybridized carbons (Fsp3) is 0.500. The Labute approximate surface area is 167 Å². The molecule has 148 valence electrons. The third kappa shape index (κ3) is 4.28. The van der Waals surface area contributed by atoms with Gasteiger partial charge >= 0.3 is 0 Å². The number of ether oxygens (including phenoxy) is 1. The van der Waals surface area contributed by atoms with Crippen LogP contribution in [0.25, 0.3) is 10.9 Å². The first kappa shape index (κ1) is 19.1. The molecule has 1 aromatic carbocycles. The molecule has 1 saturated heterocycles. The second-order valence-electron chi connectivity index (χ2n) is 6.96. The number of para-hydroxylation sites is 1. The Hall–Kier alpha value is -2.19. The fourth-order valence-electron chi connectivity index (χ4n) is 3.32. The summed E-state index contributed by atoms with van der Waals surface area (Å²) in [5.74, 6) is 1.78. The van der Waals surface area contributed by atoms with E-state index in [1.165, 1.54) is 11.8 Å². The van der Waals surface area contributed by atoms with Crippen LogP contribution >= 0.6 is 11.8 Å². The van der Waals surface area contributed by atoms with Crippen LogP contribution in [0.4, 0.5) is 0 Å². The molecule has 1 aliphatic heterocycles. The molecule has 1 atom stereocenters. The highest BCUT2D eigenvalue weighted by molar-refractivity contribution is 7.98. The van der Waals surface area contributed by atoms with Crippen molar-refractivity contribution >= 4 is 22.7 Å². The van der Waals surface area contributed by atoms with Crippen molar-refractivity contribution in [1.82, 2.24) is 19.7 Å². The molecule has 1 fully saturated rings. The summed E-state index contributed by atoms with van der Waals surface area (Å²) in [4.78, 5) is 22.2. The first-order valence-electron chi connectivity index (χ1n) is 9.80. The van der Waals surface area contributed by atoms with E-state index >= 15 is 0 Å². The highest BCUT2D eigenvalue weighted by Crippen LogP contribution is 2.23. The monoisotopic (exact) mass is 400 g/mol. The summed E-state index contributed by atoms with van der Waals surface area (Å²) >= 11 is 1.45. The van der Waals surface area contributed by atoms with E-state index in [1.807, 2.05) is 24.3 Å². The van der Waals surface area contributed by atoms with Crippen LogP contribution in [0.3, 0.4) is 0 Å². The summed E-state index contributed by atoms with van der Waals surface area (Å²) in [6.45, 7) is 3.41. The molecule has 3 aromatic rings. The van der Waals surface area contributed by atoms with E-state index in [9.17, 15) is 4.79 Å². The molecule has 0 amide bonds. The minimum atomic E-state index is -0.0298. The van der Waals surface area contributed by atoms with Gasteiger partial charge in [0.1, 0.15) is 0 Å². The molecule has 1 unspecified atom stereocenters. The molecular formula is C20H24N4O3S. The van der Waals surface area contributed by atoms with E-state index in [1.54, 1.807) is 4.57 Å². The Balaban J connectivity index is 1.59. The van der Waals surface area contributed by atoms with Gasteiger partial charge in [0.25, 0.3) is 5.56 Å². The molecule has 2 aromatic heterocycles. The van der Waals surface area contributed by atoms with Gasteiger partial charge in [-0.25, -0.2) is 4.98 Å². The largest absolute Gasteiger partial charge is 0.376 e. The van der Waals surface area contributed by atoms with Crippen LogP contribution in [-0.4, -0.2) is 32.4 Å². The van der Waals surface area contributed by atoms with Crippen LogP contribution in [0.5, 0.6) is 0 Å². The van der Waals surface area contributed by atoms with Gasteiger partial charge in [0, 0.05) is 13.0 Å². The second kappa shape index (κ2) is 8.87. The topological polar surface area (TPSA) is 83.0 Å². The zero-order valence-electron chi connectivity index (χ0n) is 16.0. The van der Waals surface area contributed by atoms with Gasteiger partial charge in [-0.3, -0.25) is 9.36 Å². The van der Waals surface area contributed by atoms with Crippen molar-refractivity contribution < 1.29 is 9.26 Å². The second-order valence-corrected chi connectivity index (χ2v) is 7.90. The number of unbranched alkanes of at least 4 members (excludes halogenated alkanes) is 1. The maximum Gasteiger partial charge on any atom is 0.262 e. The van der Waals surface area contributed by atoms with E-state index in [2.05, 4.69) is 17.1 Å². The normalized spacial score (nSPS) is 16.8. The average molecular weight is 401 g/mol. The van der Waals surface area contributed by atoms with E-state index in [0.29, 0.717) is 34.2 Å². The average Bonchev–Trinajstić information content (AvgIpc) is 3.39. The van der Waals surface area contributed by atoms with E-state index < -0.39 is 0 Å². The lowest BCUT2D eigenvalue weighted by atomic mass is 10.2. The Morgan fingerprint density at radius 1 is 1.29 bits per heavy atom. The van der Waals surface area contributed by atoms with Gasteiger partial charge in [0.15, 0.2) is 11.0 Å². The minimum absolute atomic E-state index is 0.0298. The molecule has 0 bridgehead atoms. The predicted octanol–water partition coefficient (Wildman–Crippen LogP) is 3.59. The van der Waals surface area contributed by atoms with Crippen molar-refractivity contribution in [3.8, 4) is 0 Å². The van der Waals surface area contributed by atoms with Crippen molar-refractivity contribution in [3.05, 3.63) is 46.3 Å². The molecule has 4 rings (SSSR count). The lowest BCUT2D eigenvalue weighted by Gasteiger charge is -2.16. The summed E-state index contributed by atoms with van der Waals surface area (Å²) in [7, 11) is 0. The van der Waals surface area contributed by atoms with Crippen LogP contribution in [0.1, 0.15) is 44.3 Å². The van der Waals surface area contributed by atoms with Crippen molar-refractivity contribution in [1.29, 1.82) is 0 Å². The van der Waals surface area contributed by atoms with Crippen LogP contribution in [0, 0.1) is 0 Å². The lowest BCUT2D eigenvalue weighted by molar-refractivity contribution is 0.0937. The summed E-state index contributed by atoms with van der Waals surface area (Å²) in [6.07, 6.45) is 5.01. The van der Waals surface area contributed by atoms with Gasteiger partial charge in [0.05, 0.1) is 29.3 Å². The van der Waals surface area contributed by atoms with Gasteiger partial charge in [0.2, 0.25) is 5.89 Å². The number of fused-ring (bicyclic) bond motifs is 1. The quantitative estimate of drug-likeness (QED) is 0.422. The molecule has 0 saturated carbocycles. The van der Waals surface area contributed by atoms with Crippen LogP contribution in [-0.2, 0) is 23.5 Å². The minimum Gasteiger partial charge on any atom is -0.376 e. The molecule has 0 radical (unpaired) electrons. The fourth-order valence-corrected chi connectivity index (χ4v) is 4.17. The molecule has 28 heavy (non-hydrogen) atoms. The van der Waals surface area contributed by atoms with Crippen LogP contribution < -0.4 is 5.56 Å². The third-order valence-corrected chi connectivity index (χ3v) is 5.79. The Kier molecular flexibility index (Phi) is 6.07. The number of rotatable bonds is 8. The molecule has 1 aliphatic rings. The molecule has 3 heterocycles. The molecule has 0 N–H and O–H groups in total. The van der Waals surface area contributed by atoms with Gasteiger partial charge in [-0.1, -0.05) is 42.4 Å². The molecule has 0 aliphatic carbocycles. The zero-order chi connectivity index (χ0) is 19.3. The Morgan fingerprint density at radius 3 is 3.00 bits per heavy atom. The highest BCUT2D eigenvalue weighted by atomic mass is 32.2. The number of nitrogens with zero attached hydrogens (tertiary/aromatic N) is 4. The Bertz CT molecular complexity index is 995. The zero-order valence-corrected chi connectivity index (χ0v) is 16.8. The van der Waals surface area contributed by atoms with Gasteiger partial charge in [-0.05, 0) is 31.4 Å². The highest BCUT2D eigenvalue weighted by Gasteiger charge is 2.20. The van der Waals surface area contributed by atoms with Crippen LogP contribution in [0.15, 0.2) is 38.7 Å². The molecule has 0 spiro atoms. The van der Waals surface area contributed by atoms with Crippen molar-refractivity contribution in [2.45, 2.75) is 62.6 Å². The lowest BCUT2D eigenvalue weighted by Crippen LogP contribution is -2.28. The predicted molar refractivity (Wildman–Crippen MR) is 107 cm³/mol. The first-order valence-corrected chi connectivity index (χ1v) is 10.8. The standard InChI is InChI=1S/C20H24N4O3S/c1-2-3-10-17-22-18(27-23-17)13-28-20-21-16-9-5-4-8-15(16)19(25)24(20)12-14-7-6-11-26-14/h4-5,8-9,14H,2-3,6-7,10-13H2,1H3. The maximum atomic E-state index is 13.1. The van der Waals surface area contributed by atoms with Crippen molar-refractivity contribution in [2.75, 3.05) is 6.61 Å². The summed E-state index contributed by atoms with van der Waals surface area (Å²) in [6, 6.07) is 7.45. The SMILES string of the molecule is CCCCc1noc(CSc2nc3ccccc3c(=O)n2CC2CCCO2)n1. The van der Waals surface area contributed by atoms with Crippen molar-refractivity contribution in [2.24, 2.45) is 0 Å². The van der Waals surface area contributed by atoms with Crippen LogP contribution in [0.2, 0.25) is 0 Å². The van der Waals surface area contributed by atoms with Gasteiger partial charge in [-0.15, -0.1) is 0 Å². The summed E-state index contributed by atoms with van der Waals surface area (Å²) < 4.78 is 12.8. The number of thioether (sulfide) groups is 1. The van der Waals surface area contributed by atoms with E-state index in [4.69, 9.17) is 14.2 Å². The van der Waals surface area contributed by atoms with E-state index in [-0.39, 0.29) is 11.7 Å². The number of benzene rings is 1. The maximum absolute atomic E-state index is 13.1. The number of hydrogen-bond acceptors (Lipinski definition) is 7. The van der Waals surface area contributed by atoms with Gasteiger partial charge in [-0.2, -0.15) is 4.98 Å². The molecule has 7 nitrogen and oxygen atoms in total. The number of hydrogen-bond donors (Lipinski definition) is 0. The first-order chi connectivity index (χ1) is 13.7. The van der Waals surface area contributed by atoms with E-state index in [0.717, 1.165) is 44.5 Å². The summed E-state index contributed by atoms with van der Waals surface area (Å²) in [5.41, 5.74) is 0.672.